The number of carbonyl (C=O) groups excluding carboxylic acids is 3. The summed E-state index contributed by atoms with van der Waals surface area (Å²) >= 11 is 5.90. The van der Waals surface area contributed by atoms with Crippen LogP contribution in [0.5, 0.6) is 0 Å². The average molecular weight is 335 g/mol. The lowest BCUT2D eigenvalue weighted by atomic mass is 10.1. The summed E-state index contributed by atoms with van der Waals surface area (Å²) in [5.41, 5.74) is 1.57. The molecule has 6 nitrogen and oxygen atoms in total. The van der Waals surface area contributed by atoms with Crippen LogP contribution in [0.25, 0.3) is 10.9 Å². The molecule has 0 aliphatic carbocycles. The van der Waals surface area contributed by atoms with Gasteiger partial charge in [0.15, 0.2) is 12.4 Å². The molecule has 0 atom stereocenters. The van der Waals surface area contributed by atoms with Gasteiger partial charge in [0.2, 0.25) is 5.91 Å². The fourth-order valence-electron chi connectivity index (χ4n) is 1.94. The first-order chi connectivity index (χ1) is 10.9. The number of nitrogens with one attached hydrogen (secondary N) is 1. The summed E-state index contributed by atoms with van der Waals surface area (Å²) < 4.78 is 4.55. The normalized spacial score (nSPS) is 10.3. The third-order valence-corrected chi connectivity index (χ3v) is 3.20. The zero-order valence-electron chi connectivity index (χ0n) is 12.5. The first-order valence-corrected chi connectivity index (χ1v) is 7.28. The lowest BCUT2D eigenvalue weighted by Crippen LogP contribution is -2.32. The number of hydrogen-bond donors (Lipinski definition) is 1. The van der Waals surface area contributed by atoms with Crippen LogP contribution in [0.15, 0.2) is 30.5 Å². The predicted octanol–water partition coefficient (Wildman–Crippen LogP) is 1.68. The summed E-state index contributed by atoms with van der Waals surface area (Å²) in [7, 11) is 0. The number of nitrogens with zero attached hydrogens (tertiary/aromatic N) is 1. The summed E-state index contributed by atoms with van der Waals surface area (Å²) in [5, 5.41) is 3.86. The number of rotatable bonds is 6. The van der Waals surface area contributed by atoms with E-state index in [9.17, 15) is 14.4 Å². The van der Waals surface area contributed by atoms with Crippen LogP contribution in [0.2, 0.25) is 5.02 Å². The molecule has 0 saturated carbocycles. The zero-order valence-corrected chi connectivity index (χ0v) is 13.2. The third kappa shape index (κ3) is 5.34. The molecular formula is C16H15ClN2O4. The molecule has 1 N–H and O–H groups in total. The van der Waals surface area contributed by atoms with Gasteiger partial charge >= 0.3 is 5.97 Å². The van der Waals surface area contributed by atoms with Gasteiger partial charge in [0.05, 0.1) is 23.5 Å². The molecule has 1 aromatic carbocycles. The lowest BCUT2D eigenvalue weighted by Gasteiger charge is -2.06. The maximum absolute atomic E-state index is 11.8. The molecule has 0 saturated heterocycles. The highest BCUT2D eigenvalue weighted by molar-refractivity contribution is 6.31. The summed E-state index contributed by atoms with van der Waals surface area (Å²) in [6, 6.07) is 7.20. The van der Waals surface area contributed by atoms with Gasteiger partial charge in [-0.05, 0) is 23.8 Å². The van der Waals surface area contributed by atoms with Crippen molar-refractivity contribution < 1.29 is 19.1 Å². The minimum absolute atomic E-state index is 0.128. The van der Waals surface area contributed by atoms with Crippen molar-refractivity contribution in [1.29, 1.82) is 0 Å². The third-order valence-electron chi connectivity index (χ3n) is 3.00. The Balaban J connectivity index is 1.90. The Morgan fingerprint density at radius 3 is 2.78 bits per heavy atom. The molecule has 0 bridgehead atoms. The Bertz CT molecular complexity index is 761. The highest BCUT2D eigenvalue weighted by Gasteiger charge is 2.09. The van der Waals surface area contributed by atoms with E-state index in [1.54, 1.807) is 24.4 Å². The number of halogens is 1. The molecule has 0 radical (unpaired) electrons. The number of hydrogen-bond acceptors (Lipinski definition) is 5. The molecule has 1 amide bonds. The second-order valence-electron chi connectivity index (χ2n) is 4.95. The molecule has 2 rings (SSSR count). The minimum atomic E-state index is -0.534. The molecule has 2 aromatic rings. The first-order valence-electron chi connectivity index (χ1n) is 6.90. The van der Waals surface area contributed by atoms with Crippen LogP contribution in [0.3, 0.4) is 0 Å². The number of fused-ring (bicyclic) bond motifs is 1. The van der Waals surface area contributed by atoms with Crippen LogP contribution < -0.4 is 5.32 Å². The van der Waals surface area contributed by atoms with Crippen molar-refractivity contribution in [2.75, 3.05) is 13.2 Å². The summed E-state index contributed by atoms with van der Waals surface area (Å²) in [6.45, 7) is 0.704. The molecule has 23 heavy (non-hydrogen) atoms. The lowest BCUT2D eigenvalue weighted by molar-refractivity contribution is -0.145. The zero-order chi connectivity index (χ0) is 16.8. The van der Waals surface area contributed by atoms with Crippen molar-refractivity contribution in [2.45, 2.75) is 13.3 Å². The molecule has 1 aromatic heterocycles. The maximum Gasteiger partial charge on any atom is 0.303 e. The SMILES string of the molecule is CC(=O)OCC(=O)CNC(=O)Cc1ccc2ncc(Cl)cc2c1. The Morgan fingerprint density at radius 2 is 2.04 bits per heavy atom. The molecule has 0 unspecified atom stereocenters. The van der Waals surface area contributed by atoms with E-state index in [-0.39, 0.29) is 31.3 Å². The molecule has 0 aliphatic rings. The van der Waals surface area contributed by atoms with E-state index in [1.165, 1.54) is 6.92 Å². The van der Waals surface area contributed by atoms with Gasteiger partial charge in [-0.2, -0.15) is 0 Å². The van der Waals surface area contributed by atoms with Crippen molar-refractivity contribution >= 4 is 40.2 Å². The molecule has 0 fully saturated rings. The summed E-state index contributed by atoms with van der Waals surface area (Å²) in [6.07, 6.45) is 1.69. The molecule has 7 heteroatoms. The Morgan fingerprint density at radius 1 is 1.26 bits per heavy atom. The van der Waals surface area contributed by atoms with Gasteiger partial charge in [0.25, 0.3) is 0 Å². The van der Waals surface area contributed by atoms with E-state index in [4.69, 9.17) is 11.6 Å². The van der Waals surface area contributed by atoms with Crippen LogP contribution >= 0.6 is 11.6 Å². The van der Waals surface area contributed by atoms with E-state index in [0.717, 1.165) is 16.5 Å². The van der Waals surface area contributed by atoms with Gasteiger partial charge in [-0.3, -0.25) is 19.4 Å². The average Bonchev–Trinajstić information content (AvgIpc) is 2.50. The minimum Gasteiger partial charge on any atom is -0.458 e. The largest absolute Gasteiger partial charge is 0.458 e. The Labute approximate surface area is 137 Å². The van der Waals surface area contributed by atoms with Gasteiger partial charge < -0.3 is 10.1 Å². The van der Waals surface area contributed by atoms with Crippen LogP contribution in [0.4, 0.5) is 0 Å². The highest BCUT2D eigenvalue weighted by atomic mass is 35.5. The van der Waals surface area contributed by atoms with Crippen molar-refractivity contribution in [3.8, 4) is 0 Å². The summed E-state index contributed by atoms with van der Waals surface area (Å²) in [5.74, 6) is -1.20. The number of ketones is 1. The van der Waals surface area contributed by atoms with E-state index in [0.29, 0.717) is 5.02 Å². The van der Waals surface area contributed by atoms with Crippen LogP contribution in [0.1, 0.15) is 12.5 Å². The van der Waals surface area contributed by atoms with Crippen molar-refractivity contribution in [3.63, 3.8) is 0 Å². The number of ether oxygens (including phenoxy) is 1. The fourth-order valence-corrected chi connectivity index (χ4v) is 2.11. The molecule has 0 aliphatic heterocycles. The molecule has 0 spiro atoms. The van der Waals surface area contributed by atoms with Crippen molar-refractivity contribution in [3.05, 3.63) is 41.0 Å². The van der Waals surface area contributed by atoms with E-state index >= 15 is 0 Å². The smallest absolute Gasteiger partial charge is 0.303 e. The second-order valence-corrected chi connectivity index (χ2v) is 5.39. The van der Waals surface area contributed by atoms with E-state index in [1.807, 2.05) is 6.07 Å². The number of Topliss-reactive ketones (excluding diaryl/α,β-unsaturated/α-hetero) is 1. The van der Waals surface area contributed by atoms with E-state index < -0.39 is 5.97 Å². The second kappa shape index (κ2) is 7.69. The monoisotopic (exact) mass is 334 g/mol. The number of esters is 1. The maximum atomic E-state index is 11.8. The van der Waals surface area contributed by atoms with Gasteiger partial charge in [-0.25, -0.2) is 0 Å². The van der Waals surface area contributed by atoms with Gasteiger partial charge in [-0.1, -0.05) is 17.7 Å². The van der Waals surface area contributed by atoms with Gasteiger partial charge in [-0.15, -0.1) is 0 Å². The van der Waals surface area contributed by atoms with Gasteiger partial charge in [0.1, 0.15) is 0 Å². The standard InChI is InChI=1S/C16H15ClN2O4/c1-10(20)23-9-14(21)8-19-16(22)5-11-2-3-15-12(4-11)6-13(17)7-18-15/h2-4,6-7H,5,8-9H2,1H3,(H,19,22). The highest BCUT2D eigenvalue weighted by Crippen LogP contribution is 2.18. The molecule has 1 heterocycles. The Hall–Kier alpha value is -2.47. The number of benzene rings is 1. The number of aromatic nitrogens is 1. The Kier molecular flexibility index (Phi) is 5.65. The van der Waals surface area contributed by atoms with Crippen molar-refractivity contribution in [2.24, 2.45) is 0 Å². The van der Waals surface area contributed by atoms with Crippen LogP contribution in [0, 0.1) is 0 Å². The van der Waals surface area contributed by atoms with E-state index in [2.05, 4.69) is 15.0 Å². The van der Waals surface area contributed by atoms with Crippen molar-refractivity contribution in [1.82, 2.24) is 10.3 Å². The predicted molar refractivity (Wildman–Crippen MR) is 85.1 cm³/mol. The summed E-state index contributed by atoms with van der Waals surface area (Å²) in [4.78, 5) is 38.0. The van der Waals surface area contributed by atoms with Gasteiger partial charge in [0, 0.05) is 18.5 Å². The van der Waals surface area contributed by atoms with Crippen LogP contribution in [-0.2, 0) is 25.5 Å². The quantitative estimate of drug-likeness (QED) is 0.812. The van der Waals surface area contributed by atoms with Crippen LogP contribution in [-0.4, -0.2) is 35.8 Å². The number of amides is 1. The number of carbonyl (C=O) groups is 3. The topological polar surface area (TPSA) is 85.4 Å². The molecular weight excluding hydrogens is 320 g/mol. The number of pyridine rings is 1. The fraction of sp³-hybridized carbons (Fsp3) is 0.250. The molecule has 120 valence electrons. The first kappa shape index (κ1) is 16.9.